The highest BCUT2D eigenvalue weighted by Gasteiger charge is 2.62. The molecule has 3 saturated carbocycles. The lowest BCUT2D eigenvalue weighted by molar-refractivity contribution is -0.198. The molecule has 10 atom stereocenters. The largest absolute Gasteiger partial charge is 0.390 e. The summed E-state index contributed by atoms with van der Waals surface area (Å²) in [5.41, 5.74) is 0.0358. The van der Waals surface area contributed by atoms with Gasteiger partial charge in [-0.05, 0) is 106 Å². The third-order valence-corrected chi connectivity index (χ3v) is 10.7. The molecule has 0 spiro atoms. The van der Waals surface area contributed by atoms with Crippen molar-refractivity contribution in [1.29, 1.82) is 0 Å². The van der Waals surface area contributed by atoms with Crippen LogP contribution in [0.5, 0.6) is 0 Å². The smallest absolute Gasteiger partial charge is 0.252 e. The Morgan fingerprint density at radius 3 is 2.52 bits per heavy atom. The van der Waals surface area contributed by atoms with Crippen LogP contribution in [0.3, 0.4) is 0 Å². The van der Waals surface area contributed by atoms with Gasteiger partial charge in [0.2, 0.25) is 0 Å². The van der Waals surface area contributed by atoms with Gasteiger partial charge in [-0.3, -0.25) is 4.79 Å². The zero-order chi connectivity index (χ0) is 22.0. The van der Waals surface area contributed by atoms with Crippen LogP contribution in [0, 0.1) is 35.0 Å². The van der Waals surface area contributed by atoms with E-state index in [-0.39, 0.29) is 28.9 Å². The lowest BCUT2D eigenvalue weighted by Crippen LogP contribution is -2.68. The predicted molar refractivity (Wildman–Crippen MR) is 119 cm³/mol. The van der Waals surface area contributed by atoms with Crippen molar-refractivity contribution in [2.45, 2.75) is 109 Å². The van der Waals surface area contributed by atoms with Gasteiger partial charge in [-0.25, -0.2) is 0 Å². The number of nitrogens with zero attached hydrogens (tertiary/aromatic N) is 1. The Kier molecular flexibility index (Phi) is 5.71. The van der Waals surface area contributed by atoms with Gasteiger partial charge in [0.15, 0.2) is 0 Å². The van der Waals surface area contributed by atoms with Gasteiger partial charge in [-0.15, -0.1) is 0 Å². The molecule has 1 amide bonds. The summed E-state index contributed by atoms with van der Waals surface area (Å²) in [6.45, 7) is 8.78. The molecule has 0 aromatic carbocycles. The SMILES string of the molecule is C[C@@H]1CCN(C(=O)[C@H]2CCCCO2)[C@@]2(C)CCC3C(CCC4[C@@H](O)[C@@H](O)CC[C@]34C)C12. The number of carbonyl (C=O) groups is 1. The van der Waals surface area contributed by atoms with Crippen molar-refractivity contribution < 1.29 is 19.7 Å². The van der Waals surface area contributed by atoms with Crippen LogP contribution in [-0.4, -0.2) is 58.0 Å². The van der Waals surface area contributed by atoms with Crippen LogP contribution in [0.4, 0.5) is 0 Å². The van der Waals surface area contributed by atoms with E-state index in [0.29, 0.717) is 23.7 Å². The maximum atomic E-state index is 13.6. The first-order valence-corrected chi connectivity index (χ1v) is 13.1. The average molecular weight is 434 g/mol. The highest BCUT2D eigenvalue weighted by atomic mass is 16.5. The first-order chi connectivity index (χ1) is 14.8. The van der Waals surface area contributed by atoms with Gasteiger partial charge in [0.1, 0.15) is 6.10 Å². The van der Waals surface area contributed by atoms with Crippen molar-refractivity contribution in [1.82, 2.24) is 4.90 Å². The van der Waals surface area contributed by atoms with E-state index in [1.807, 2.05) is 0 Å². The molecule has 0 bridgehead atoms. The molecular weight excluding hydrogens is 390 g/mol. The molecule has 176 valence electrons. The molecule has 2 heterocycles. The molecular formula is C26H43NO4. The summed E-state index contributed by atoms with van der Waals surface area (Å²) >= 11 is 0. The third kappa shape index (κ3) is 3.32. The number of carbonyl (C=O) groups excluding carboxylic acids is 1. The topological polar surface area (TPSA) is 70.0 Å². The molecule has 2 aliphatic heterocycles. The maximum absolute atomic E-state index is 13.6. The van der Waals surface area contributed by atoms with Gasteiger partial charge in [0.25, 0.3) is 5.91 Å². The number of likely N-dealkylation sites (tertiary alicyclic amines) is 1. The molecule has 0 radical (unpaired) electrons. The number of ether oxygens (including phenoxy) is 1. The van der Waals surface area contributed by atoms with Crippen molar-refractivity contribution in [2.24, 2.45) is 35.0 Å². The van der Waals surface area contributed by atoms with E-state index in [1.54, 1.807) is 0 Å². The average Bonchev–Trinajstić information content (AvgIpc) is 2.76. The molecule has 0 aromatic rings. The first-order valence-electron chi connectivity index (χ1n) is 13.1. The molecule has 3 aliphatic carbocycles. The number of hydrogen-bond acceptors (Lipinski definition) is 4. The summed E-state index contributed by atoms with van der Waals surface area (Å²) in [5, 5.41) is 21.1. The summed E-state index contributed by atoms with van der Waals surface area (Å²) in [6, 6.07) is 0. The Morgan fingerprint density at radius 2 is 1.77 bits per heavy atom. The van der Waals surface area contributed by atoms with Gasteiger partial charge < -0.3 is 19.8 Å². The molecule has 5 heteroatoms. The van der Waals surface area contributed by atoms with Crippen LogP contribution in [-0.2, 0) is 9.53 Å². The van der Waals surface area contributed by atoms with Gasteiger partial charge in [0.05, 0.1) is 12.2 Å². The van der Waals surface area contributed by atoms with Crippen LogP contribution < -0.4 is 0 Å². The molecule has 5 aliphatic rings. The summed E-state index contributed by atoms with van der Waals surface area (Å²) < 4.78 is 5.92. The second-order valence-corrected chi connectivity index (χ2v) is 12.1. The van der Waals surface area contributed by atoms with Crippen LogP contribution in [0.25, 0.3) is 0 Å². The Morgan fingerprint density at radius 1 is 0.968 bits per heavy atom. The number of piperidine rings is 1. The molecule has 0 aromatic heterocycles. The fraction of sp³-hybridized carbons (Fsp3) is 0.962. The molecule has 5 rings (SSSR count). The Bertz CT molecular complexity index is 693. The minimum absolute atomic E-state index is 0.0767. The van der Waals surface area contributed by atoms with Crippen molar-refractivity contribution >= 4 is 5.91 Å². The zero-order valence-electron chi connectivity index (χ0n) is 19.8. The lowest BCUT2D eigenvalue weighted by atomic mass is 9.43. The summed E-state index contributed by atoms with van der Waals surface area (Å²) in [4.78, 5) is 15.8. The van der Waals surface area contributed by atoms with E-state index in [0.717, 1.165) is 77.4 Å². The fourth-order valence-corrected chi connectivity index (χ4v) is 9.13. The monoisotopic (exact) mass is 433 g/mol. The maximum Gasteiger partial charge on any atom is 0.252 e. The molecule has 4 unspecified atom stereocenters. The van der Waals surface area contributed by atoms with Gasteiger partial charge in [-0.1, -0.05) is 13.8 Å². The van der Waals surface area contributed by atoms with Crippen molar-refractivity contribution in [3.63, 3.8) is 0 Å². The number of aliphatic hydroxyl groups excluding tert-OH is 2. The Balaban J connectivity index is 1.42. The van der Waals surface area contributed by atoms with Crippen LogP contribution in [0.15, 0.2) is 0 Å². The lowest BCUT2D eigenvalue weighted by Gasteiger charge is -2.66. The van der Waals surface area contributed by atoms with Crippen LogP contribution in [0.1, 0.15) is 85.0 Å². The predicted octanol–water partition coefficient (Wildman–Crippen LogP) is 3.76. The molecule has 2 N–H and O–H groups in total. The second-order valence-electron chi connectivity index (χ2n) is 12.1. The van der Waals surface area contributed by atoms with Crippen LogP contribution in [0.2, 0.25) is 0 Å². The summed E-state index contributed by atoms with van der Waals surface area (Å²) in [6.07, 6.45) is 8.84. The standard InChI is InChI=1S/C26H43NO4/c1-16-11-14-27(24(30)21-6-4-5-15-31-21)26(3)13-9-18-17(22(16)26)7-8-19-23(29)20(28)10-12-25(18,19)2/h16-23,28-29H,4-15H2,1-3H3/t16-,17?,18?,19?,20+,21-,22?,23-,25-,26+/m1/s1. The Hall–Kier alpha value is -0.650. The van der Waals surface area contributed by atoms with E-state index in [9.17, 15) is 15.0 Å². The van der Waals surface area contributed by atoms with Crippen molar-refractivity contribution in [3.05, 3.63) is 0 Å². The normalized spacial score (nSPS) is 52.6. The van der Waals surface area contributed by atoms with E-state index >= 15 is 0 Å². The van der Waals surface area contributed by atoms with E-state index in [2.05, 4.69) is 25.7 Å². The highest BCUT2D eigenvalue weighted by Crippen LogP contribution is 2.64. The Labute approximate surface area is 187 Å². The number of rotatable bonds is 1. The number of hydrogen-bond donors (Lipinski definition) is 2. The molecule has 5 fully saturated rings. The van der Waals surface area contributed by atoms with Crippen molar-refractivity contribution in [3.8, 4) is 0 Å². The quantitative estimate of drug-likeness (QED) is 0.661. The minimum Gasteiger partial charge on any atom is -0.390 e. The van der Waals surface area contributed by atoms with E-state index in [4.69, 9.17) is 4.74 Å². The van der Waals surface area contributed by atoms with E-state index in [1.165, 1.54) is 0 Å². The van der Waals surface area contributed by atoms with Gasteiger partial charge in [-0.2, -0.15) is 0 Å². The molecule has 5 nitrogen and oxygen atoms in total. The molecule has 31 heavy (non-hydrogen) atoms. The van der Waals surface area contributed by atoms with Crippen molar-refractivity contribution in [2.75, 3.05) is 13.2 Å². The third-order valence-electron chi connectivity index (χ3n) is 10.7. The summed E-state index contributed by atoms with van der Waals surface area (Å²) in [7, 11) is 0. The summed E-state index contributed by atoms with van der Waals surface area (Å²) in [5.74, 6) is 2.81. The first kappa shape index (κ1) is 22.2. The fourth-order valence-electron chi connectivity index (χ4n) is 9.13. The zero-order valence-corrected chi connectivity index (χ0v) is 19.8. The number of fused-ring (bicyclic) bond motifs is 5. The van der Waals surface area contributed by atoms with Gasteiger partial charge in [0, 0.05) is 18.7 Å². The van der Waals surface area contributed by atoms with Crippen LogP contribution >= 0.6 is 0 Å². The highest BCUT2D eigenvalue weighted by molar-refractivity contribution is 5.82. The molecule has 2 saturated heterocycles. The second kappa shape index (κ2) is 7.99. The minimum atomic E-state index is -0.571. The van der Waals surface area contributed by atoms with Gasteiger partial charge >= 0.3 is 0 Å². The number of amides is 1. The van der Waals surface area contributed by atoms with E-state index < -0.39 is 12.2 Å². The number of aliphatic hydroxyl groups is 2.